The predicted octanol–water partition coefficient (Wildman–Crippen LogP) is 1.64. The van der Waals surface area contributed by atoms with Crippen molar-refractivity contribution in [1.82, 2.24) is 9.62 Å². The summed E-state index contributed by atoms with van der Waals surface area (Å²) in [5, 5.41) is 12.4. The van der Waals surface area contributed by atoms with Gasteiger partial charge in [0.1, 0.15) is 0 Å². The van der Waals surface area contributed by atoms with E-state index in [1.54, 1.807) is 19.1 Å². The van der Waals surface area contributed by atoms with Gasteiger partial charge in [0.25, 0.3) is 0 Å². The molecule has 0 spiro atoms. The summed E-state index contributed by atoms with van der Waals surface area (Å²) in [5.74, 6) is -2.24. The standard InChI is InChI=1S/C16H21ClN2O5S/c1-2-25(23,24)19-9-3-4-12(10-19)15(20)18-14(16(21)22)11-5-7-13(17)8-6-11/h5-8,12,14H,2-4,9-10H2,1H3,(H,18,20)(H,21,22). The van der Waals surface area contributed by atoms with Gasteiger partial charge in [0.05, 0.1) is 11.7 Å². The molecule has 1 saturated heterocycles. The van der Waals surface area contributed by atoms with E-state index in [0.717, 1.165) is 0 Å². The number of benzene rings is 1. The lowest BCUT2D eigenvalue weighted by molar-refractivity contribution is -0.143. The minimum absolute atomic E-state index is 0.0239. The molecule has 2 atom stereocenters. The average molecular weight is 389 g/mol. The van der Waals surface area contributed by atoms with Crippen molar-refractivity contribution in [3.05, 3.63) is 34.9 Å². The Balaban J connectivity index is 2.10. The highest BCUT2D eigenvalue weighted by molar-refractivity contribution is 7.89. The van der Waals surface area contributed by atoms with Crippen molar-refractivity contribution in [1.29, 1.82) is 0 Å². The molecule has 7 nitrogen and oxygen atoms in total. The second-order valence-corrected chi connectivity index (χ2v) is 8.62. The summed E-state index contributed by atoms with van der Waals surface area (Å²) in [6, 6.07) is 4.97. The first-order valence-electron chi connectivity index (χ1n) is 8.01. The Morgan fingerprint density at radius 2 is 2.00 bits per heavy atom. The Bertz CT molecular complexity index is 735. The van der Waals surface area contributed by atoms with Gasteiger partial charge in [-0.3, -0.25) is 4.79 Å². The Hall–Kier alpha value is -1.64. The third-order valence-corrected chi connectivity index (χ3v) is 6.35. The largest absolute Gasteiger partial charge is 0.479 e. The second kappa shape index (κ2) is 8.16. The lowest BCUT2D eigenvalue weighted by Crippen LogP contribution is -2.47. The topological polar surface area (TPSA) is 104 Å². The highest BCUT2D eigenvalue weighted by Crippen LogP contribution is 2.22. The molecule has 1 amide bonds. The van der Waals surface area contributed by atoms with Crippen LogP contribution in [-0.2, 0) is 19.6 Å². The Labute approximate surface area is 152 Å². The summed E-state index contributed by atoms with van der Waals surface area (Å²) in [4.78, 5) is 24.0. The van der Waals surface area contributed by atoms with Gasteiger partial charge in [0.2, 0.25) is 15.9 Å². The van der Waals surface area contributed by atoms with Crippen molar-refractivity contribution in [2.75, 3.05) is 18.8 Å². The molecule has 2 rings (SSSR count). The van der Waals surface area contributed by atoms with Gasteiger partial charge in [-0.25, -0.2) is 17.5 Å². The molecule has 0 aromatic heterocycles. The maximum Gasteiger partial charge on any atom is 0.330 e. The van der Waals surface area contributed by atoms with Gasteiger partial charge in [-0.1, -0.05) is 23.7 Å². The SMILES string of the molecule is CCS(=O)(=O)N1CCCC(C(=O)NC(C(=O)O)c2ccc(Cl)cc2)C1. The van der Waals surface area contributed by atoms with E-state index in [1.807, 2.05) is 0 Å². The molecule has 1 aromatic rings. The predicted molar refractivity (Wildman–Crippen MR) is 93.7 cm³/mol. The Morgan fingerprint density at radius 3 is 2.56 bits per heavy atom. The molecule has 1 heterocycles. The monoisotopic (exact) mass is 388 g/mol. The molecule has 0 aliphatic carbocycles. The lowest BCUT2D eigenvalue weighted by atomic mass is 9.97. The fraction of sp³-hybridized carbons (Fsp3) is 0.500. The molecule has 1 aliphatic heterocycles. The van der Waals surface area contributed by atoms with E-state index in [2.05, 4.69) is 5.32 Å². The van der Waals surface area contributed by atoms with Gasteiger partial charge >= 0.3 is 5.97 Å². The normalized spacial score (nSPS) is 20.0. The number of amides is 1. The van der Waals surface area contributed by atoms with Crippen LogP contribution >= 0.6 is 11.6 Å². The van der Waals surface area contributed by atoms with E-state index >= 15 is 0 Å². The molecular formula is C16H21ClN2O5S. The molecule has 1 fully saturated rings. The number of nitrogens with zero attached hydrogens (tertiary/aromatic N) is 1. The molecule has 0 radical (unpaired) electrons. The van der Waals surface area contributed by atoms with Crippen LogP contribution in [0.5, 0.6) is 0 Å². The molecule has 0 saturated carbocycles. The van der Waals surface area contributed by atoms with Gasteiger partial charge in [0, 0.05) is 18.1 Å². The van der Waals surface area contributed by atoms with Crippen molar-refractivity contribution in [3.63, 3.8) is 0 Å². The highest BCUT2D eigenvalue weighted by Gasteiger charge is 2.33. The maximum absolute atomic E-state index is 12.5. The molecule has 2 unspecified atom stereocenters. The van der Waals surface area contributed by atoms with Gasteiger partial charge in [-0.2, -0.15) is 0 Å². The fourth-order valence-corrected chi connectivity index (χ4v) is 4.10. The number of hydrogen-bond donors (Lipinski definition) is 2. The zero-order valence-corrected chi connectivity index (χ0v) is 15.4. The number of aliphatic carboxylic acids is 1. The molecule has 2 N–H and O–H groups in total. The molecule has 1 aromatic carbocycles. The van der Waals surface area contributed by atoms with Gasteiger partial charge in [0.15, 0.2) is 6.04 Å². The number of halogens is 1. The molecule has 138 valence electrons. The van der Waals surface area contributed by atoms with Gasteiger partial charge in [-0.15, -0.1) is 0 Å². The molecule has 1 aliphatic rings. The van der Waals surface area contributed by atoms with E-state index in [9.17, 15) is 23.1 Å². The van der Waals surface area contributed by atoms with Crippen LogP contribution in [0.2, 0.25) is 5.02 Å². The number of rotatable bonds is 6. The van der Waals surface area contributed by atoms with Crippen LogP contribution in [0.15, 0.2) is 24.3 Å². The minimum atomic E-state index is -3.37. The average Bonchev–Trinajstić information content (AvgIpc) is 2.60. The fourth-order valence-electron chi connectivity index (χ4n) is 2.79. The van der Waals surface area contributed by atoms with Crippen LogP contribution in [-0.4, -0.2) is 48.5 Å². The van der Waals surface area contributed by atoms with Crippen LogP contribution in [0.4, 0.5) is 0 Å². The van der Waals surface area contributed by atoms with Crippen molar-refractivity contribution in [2.45, 2.75) is 25.8 Å². The minimum Gasteiger partial charge on any atom is -0.479 e. The zero-order valence-electron chi connectivity index (χ0n) is 13.8. The van der Waals surface area contributed by atoms with E-state index in [1.165, 1.54) is 16.4 Å². The Kier molecular flexibility index (Phi) is 6.42. The van der Waals surface area contributed by atoms with E-state index < -0.39 is 33.9 Å². The summed E-state index contributed by atoms with van der Waals surface area (Å²) in [7, 11) is -3.37. The smallest absolute Gasteiger partial charge is 0.330 e. The van der Waals surface area contributed by atoms with E-state index in [4.69, 9.17) is 11.6 Å². The number of sulfonamides is 1. The van der Waals surface area contributed by atoms with Crippen LogP contribution in [0, 0.1) is 5.92 Å². The number of carboxylic acids is 1. The van der Waals surface area contributed by atoms with Crippen molar-refractivity contribution < 1.29 is 23.1 Å². The number of nitrogens with one attached hydrogen (secondary N) is 1. The number of piperidine rings is 1. The van der Waals surface area contributed by atoms with Gasteiger partial charge < -0.3 is 10.4 Å². The van der Waals surface area contributed by atoms with Crippen LogP contribution < -0.4 is 5.32 Å². The Morgan fingerprint density at radius 1 is 1.36 bits per heavy atom. The molecular weight excluding hydrogens is 368 g/mol. The van der Waals surface area contributed by atoms with Crippen molar-refractivity contribution in [3.8, 4) is 0 Å². The molecule has 25 heavy (non-hydrogen) atoms. The van der Waals surface area contributed by atoms with Crippen molar-refractivity contribution in [2.24, 2.45) is 5.92 Å². The summed E-state index contributed by atoms with van der Waals surface area (Å²) in [6.45, 7) is 2.02. The van der Waals surface area contributed by atoms with Crippen LogP contribution in [0.1, 0.15) is 31.4 Å². The van der Waals surface area contributed by atoms with Crippen LogP contribution in [0.3, 0.4) is 0 Å². The number of carbonyl (C=O) groups excluding carboxylic acids is 1. The highest BCUT2D eigenvalue weighted by atomic mass is 35.5. The number of carbonyl (C=O) groups is 2. The van der Waals surface area contributed by atoms with Crippen LogP contribution in [0.25, 0.3) is 0 Å². The summed E-state index contributed by atoms with van der Waals surface area (Å²) in [5.41, 5.74) is 0.402. The zero-order chi connectivity index (χ0) is 18.6. The summed E-state index contributed by atoms with van der Waals surface area (Å²) >= 11 is 5.80. The quantitative estimate of drug-likeness (QED) is 0.771. The molecule has 9 heteroatoms. The first-order valence-corrected chi connectivity index (χ1v) is 9.99. The number of hydrogen-bond acceptors (Lipinski definition) is 4. The third-order valence-electron chi connectivity index (χ3n) is 4.25. The van der Waals surface area contributed by atoms with E-state index in [0.29, 0.717) is 30.0 Å². The van der Waals surface area contributed by atoms with E-state index in [-0.39, 0.29) is 12.3 Å². The first-order chi connectivity index (χ1) is 11.7. The van der Waals surface area contributed by atoms with Gasteiger partial charge in [-0.05, 0) is 37.5 Å². The summed E-state index contributed by atoms with van der Waals surface area (Å²) < 4.78 is 25.3. The number of carboxylic acid groups (broad SMARTS) is 1. The summed E-state index contributed by atoms with van der Waals surface area (Å²) in [6.07, 6.45) is 1.09. The third kappa shape index (κ3) is 4.93. The van der Waals surface area contributed by atoms with Crippen molar-refractivity contribution >= 4 is 33.5 Å². The maximum atomic E-state index is 12.5. The molecule has 0 bridgehead atoms. The lowest BCUT2D eigenvalue weighted by Gasteiger charge is -2.31. The first kappa shape index (κ1) is 19.7. The second-order valence-electron chi connectivity index (χ2n) is 5.93.